The first-order chi connectivity index (χ1) is 28.6. The number of carbonyl (C=O) groups excluding carboxylic acids is 4. The normalized spacial score (nSPS) is 13.7. The molecule has 0 aromatic heterocycles. The van der Waals surface area contributed by atoms with Crippen molar-refractivity contribution in [3.05, 3.63) is 152 Å². The summed E-state index contributed by atoms with van der Waals surface area (Å²) in [6, 6.07) is 34.9. The second-order valence-electron chi connectivity index (χ2n) is 12.8. The van der Waals surface area contributed by atoms with Gasteiger partial charge in [-0.2, -0.15) is 4.99 Å². The second-order valence-corrected chi connectivity index (χ2v) is 15.5. The van der Waals surface area contributed by atoms with E-state index in [4.69, 9.17) is 63.7 Å². The molecule has 5 aromatic rings. The maximum Gasteiger partial charge on any atom is 0.331 e. The van der Waals surface area contributed by atoms with Crippen molar-refractivity contribution in [1.29, 1.82) is 0 Å². The number of aryl methyl sites for hydroxylation is 1. The third-order valence-corrected chi connectivity index (χ3v) is 10.3. The van der Waals surface area contributed by atoms with Crippen molar-refractivity contribution in [2.45, 2.75) is 58.6 Å². The van der Waals surface area contributed by atoms with Crippen LogP contribution in [0.15, 0.2) is 126 Å². The van der Waals surface area contributed by atoms with E-state index >= 15 is 0 Å². The summed E-state index contributed by atoms with van der Waals surface area (Å²) >= 11 is 31.7. The number of nitrogen functional groups attached to an aromatic ring is 1. The molecular weight excluding hydrogens is 934 g/mol. The summed E-state index contributed by atoms with van der Waals surface area (Å²) in [7, 11) is 0. The summed E-state index contributed by atoms with van der Waals surface area (Å²) in [4.78, 5) is 50.1. The lowest BCUT2D eigenvalue weighted by molar-refractivity contribution is -0.118. The number of nitrogens with two attached hydrogens (primary N) is 1. The Bertz CT molecular complexity index is 2090. The highest BCUT2D eigenvalue weighted by atomic mass is 79.9. The number of β-amino-alcohol motifs (C(OH)–C–C–N with tert-alkyl or cyclic N) is 1. The Labute approximate surface area is 385 Å². The zero-order chi connectivity index (χ0) is 44.7. The number of hydrogen-bond donors (Lipinski definition) is 2. The second kappa shape index (κ2) is 27.6. The third-order valence-electron chi connectivity index (χ3n) is 8.45. The first-order valence-electron chi connectivity index (χ1n) is 18.6. The van der Waals surface area contributed by atoms with Crippen molar-refractivity contribution in [3.8, 4) is 0 Å². The molecule has 1 fully saturated rings. The zero-order valence-electron chi connectivity index (χ0n) is 33.3. The van der Waals surface area contributed by atoms with E-state index in [2.05, 4.69) is 20.9 Å². The van der Waals surface area contributed by atoms with E-state index in [-0.39, 0.29) is 18.4 Å². The van der Waals surface area contributed by atoms with E-state index in [9.17, 15) is 24.3 Å². The van der Waals surface area contributed by atoms with Crippen molar-refractivity contribution < 1.29 is 24.3 Å². The molecule has 1 atom stereocenters. The Morgan fingerprint density at radius 1 is 0.700 bits per heavy atom. The van der Waals surface area contributed by atoms with Gasteiger partial charge in [0.2, 0.25) is 6.08 Å². The number of rotatable bonds is 10. The SMILES string of the molecule is CCC(=O)CBr.CCC(=O)CCc1ccc(Cl)cc1.CCC1(O)CN(c2ccc(Cl)cc2)C(=O)N1c1ccc(Cl)cc1.Nc1ccc(Cl)cc1.O=C=Nc1ccc(Cl)cc1. The average molecular weight is 980 g/mol. The summed E-state index contributed by atoms with van der Waals surface area (Å²) in [5, 5.41) is 14.7. The standard InChI is InChI=1S/C17H16Cl2N2O2.C11H13ClO.C7H4ClNO.C6H6ClN.C4H7BrO/c1-2-17(23)11-20(14-7-3-12(18)4-8-14)16(22)21(17)15-9-5-13(19)6-10-15;1-2-11(13)8-5-9-3-6-10(12)7-4-9;8-6-1-3-7(4-2-6)9-5-10;7-5-1-3-6(8)4-2-5;1-2-4(6)3-5/h3-10,23H,2,11H2,1H3;3-4,6-7H,2,5,8H2,1H3;1-4H;1-4H,8H2;2-3H2,1H3. The number of halogens is 6. The molecule has 0 bridgehead atoms. The van der Waals surface area contributed by atoms with Crippen LogP contribution in [0, 0.1) is 0 Å². The predicted molar refractivity (Wildman–Crippen MR) is 253 cm³/mol. The lowest BCUT2D eigenvalue weighted by Gasteiger charge is -2.30. The number of ketones is 2. The molecule has 3 N–H and O–H groups in total. The van der Waals surface area contributed by atoms with Gasteiger partial charge in [-0.15, -0.1) is 0 Å². The third kappa shape index (κ3) is 18.6. The van der Waals surface area contributed by atoms with E-state index < -0.39 is 5.72 Å². The topological polar surface area (TPSA) is 133 Å². The van der Waals surface area contributed by atoms with Gasteiger partial charge in [-0.1, -0.05) is 107 Å². The van der Waals surface area contributed by atoms with Gasteiger partial charge >= 0.3 is 6.03 Å². The van der Waals surface area contributed by atoms with Gasteiger partial charge in [0.15, 0.2) is 5.72 Å². The van der Waals surface area contributed by atoms with E-state index in [1.165, 1.54) is 16.5 Å². The molecule has 0 radical (unpaired) electrons. The van der Waals surface area contributed by atoms with Crippen molar-refractivity contribution in [1.82, 2.24) is 0 Å². The van der Waals surface area contributed by atoms with Gasteiger partial charge < -0.3 is 10.8 Å². The monoisotopic (exact) mass is 976 g/mol. The first-order valence-corrected chi connectivity index (χ1v) is 21.6. The van der Waals surface area contributed by atoms with E-state index in [1.807, 2.05) is 45.0 Å². The molecule has 1 aliphatic heterocycles. The molecule has 2 amide bonds. The summed E-state index contributed by atoms with van der Waals surface area (Å²) < 4.78 is 0. The minimum Gasteiger partial charge on any atom is -0.399 e. The molecule has 318 valence electrons. The number of nitrogens with zero attached hydrogens (tertiary/aromatic N) is 3. The molecule has 60 heavy (non-hydrogen) atoms. The van der Waals surface area contributed by atoms with E-state index in [0.717, 1.165) is 22.2 Å². The molecule has 9 nitrogen and oxygen atoms in total. The largest absolute Gasteiger partial charge is 0.399 e. The smallest absolute Gasteiger partial charge is 0.331 e. The molecule has 0 spiro atoms. The number of isocyanates is 1. The van der Waals surface area contributed by atoms with Crippen LogP contribution in [0.1, 0.15) is 52.0 Å². The molecule has 0 saturated carbocycles. The van der Waals surface area contributed by atoms with Crippen LogP contribution in [-0.4, -0.2) is 46.4 Å². The number of carbonyl (C=O) groups is 3. The van der Waals surface area contributed by atoms with Crippen LogP contribution in [0.2, 0.25) is 25.1 Å². The minimum absolute atomic E-state index is 0.187. The summed E-state index contributed by atoms with van der Waals surface area (Å²) in [5.41, 5.74) is 7.89. The molecular formula is C45H46BrCl5N4O5. The van der Waals surface area contributed by atoms with Gasteiger partial charge in [-0.05, 0) is 128 Å². The molecule has 1 saturated heterocycles. The lowest BCUT2D eigenvalue weighted by atomic mass is 10.1. The number of alkyl halides is 1. The number of aliphatic hydroxyl groups is 1. The average Bonchev–Trinajstić information content (AvgIpc) is 3.53. The quantitative estimate of drug-likeness (QED) is 0.0620. The number of hydrogen-bond acceptors (Lipinski definition) is 7. The van der Waals surface area contributed by atoms with Crippen molar-refractivity contribution in [2.24, 2.45) is 4.99 Å². The number of Topliss-reactive ketones (excluding diaryl/α,β-unsaturated/α-hetero) is 2. The molecule has 1 unspecified atom stereocenters. The highest BCUT2D eigenvalue weighted by Gasteiger charge is 2.48. The highest BCUT2D eigenvalue weighted by molar-refractivity contribution is 9.09. The van der Waals surface area contributed by atoms with Gasteiger partial charge in [-0.3, -0.25) is 19.4 Å². The Morgan fingerprint density at radius 3 is 1.50 bits per heavy atom. The zero-order valence-corrected chi connectivity index (χ0v) is 38.6. The summed E-state index contributed by atoms with van der Waals surface area (Å²) in [5.74, 6) is 0.574. The van der Waals surface area contributed by atoms with Gasteiger partial charge in [0.25, 0.3) is 0 Å². The molecule has 5 aromatic carbocycles. The maximum absolute atomic E-state index is 12.9. The molecule has 1 heterocycles. The van der Waals surface area contributed by atoms with Crippen LogP contribution in [0.25, 0.3) is 0 Å². The molecule has 1 aliphatic rings. The van der Waals surface area contributed by atoms with Crippen LogP contribution in [0.3, 0.4) is 0 Å². The highest BCUT2D eigenvalue weighted by Crippen LogP contribution is 2.36. The number of benzene rings is 5. The van der Waals surface area contributed by atoms with Crippen LogP contribution < -0.4 is 15.5 Å². The van der Waals surface area contributed by atoms with Gasteiger partial charge in [0, 0.05) is 61.4 Å². The van der Waals surface area contributed by atoms with E-state index in [0.29, 0.717) is 68.9 Å². The lowest BCUT2D eigenvalue weighted by Crippen LogP contribution is -2.46. The molecule has 0 aliphatic carbocycles. The summed E-state index contributed by atoms with van der Waals surface area (Å²) in [6.45, 7) is 5.78. The Balaban J connectivity index is 0.000000284. The fourth-order valence-electron chi connectivity index (χ4n) is 4.96. The number of aliphatic imine (C=N–C) groups is 1. The molecule has 6 rings (SSSR count). The van der Waals surface area contributed by atoms with Gasteiger partial charge in [-0.25, -0.2) is 9.59 Å². The predicted octanol–water partition coefficient (Wildman–Crippen LogP) is 13.4. The van der Waals surface area contributed by atoms with E-state index in [1.54, 1.807) is 102 Å². The van der Waals surface area contributed by atoms with Crippen molar-refractivity contribution >= 4 is 120 Å². The Morgan fingerprint density at radius 2 is 1.12 bits per heavy atom. The van der Waals surface area contributed by atoms with Crippen LogP contribution in [0.5, 0.6) is 0 Å². The fraction of sp³-hybridized carbons (Fsp3) is 0.244. The first kappa shape index (κ1) is 51.9. The number of amides is 2. The number of urea groups is 1. The van der Waals surface area contributed by atoms with Crippen molar-refractivity contribution in [3.63, 3.8) is 0 Å². The number of anilines is 3. The van der Waals surface area contributed by atoms with Crippen LogP contribution in [-0.2, 0) is 20.8 Å². The maximum atomic E-state index is 12.9. The Hall–Kier alpha value is -4.22. The van der Waals surface area contributed by atoms with Crippen molar-refractivity contribution in [2.75, 3.05) is 27.4 Å². The van der Waals surface area contributed by atoms with Crippen LogP contribution >= 0.6 is 73.9 Å². The van der Waals surface area contributed by atoms with Crippen LogP contribution in [0.4, 0.5) is 27.5 Å². The summed E-state index contributed by atoms with van der Waals surface area (Å²) in [6.07, 6.45) is 4.58. The minimum atomic E-state index is -1.27. The fourth-order valence-corrected chi connectivity index (χ4v) is 5.99. The van der Waals surface area contributed by atoms with Gasteiger partial charge in [0.1, 0.15) is 11.6 Å². The van der Waals surface area contributed by atoms with Gasteiger partial charge in [0.05, 0.1) is 17.6 Å². The molecule has 15 heteroatoms. The Kier molecular flexibility index (Phi) is 23.9.